The maximum absolute atomic E-state index is 12.6. The van der Waals surface area contributed by atoms with Gasteiger partial charge in [-0.15, -0.1) is 0 Å². The summed E-state index contributed by atoms with van der Waals surface area (Å²) in [6.07, 6.45) is 0.498. The Labute approximate surface area is 192 Å². The molecule has 0 unspecified atom stereocenters. The molecule has 0 spiro atoms. The monoisotopic (exact) mass is 456 g/mol. The molecule has 1 N–H and O–H groups in total. The predicted octanol–water partition coefficient (Wildman–Crippen LogP) is 2.27. The van der Waals surface area contributed by atoms with Crippen molar-refractivity contribution in [3.8, 4) is 0 Å². The molecule has 33 heavy (non-hydrogen) atoms. The van der Waals surface area contributed by atoms with Crippen LogP contribution < -0.4 is 5.32 Å². The van der Waals surface area contributed by atoms with Gasteiger partial charge in [0.2, 0.25) is 5.91 Å². The van der Waals surface area contributed by atoms with Crippen LogP contribution in [0, 0.1) is 0 Å². The van der Waals surface area contributed by atoms with Crippen molar-refractivity contribution in [3.05, 3.63) is 65.0 Å². The van der Waals surface area contributed by atoms with Crippen LogP contribution in [0.5, 0.6) is 0 Å². The molecule has 0 aliphatic rings. The highest BCUT2D eigenvalue weighted by Crippen LogP contribution is 2.12. The van der Waals surface area contributed by atoms with Gasteiger partial charge in [0.05, 0.1) is 20.3 Å². The Balaban J connectivity index is 2.12. The number of aromatic nitrogens is 1. The molecule has 0 aliphatic carbocycles. The second-order valence-corrected chi connectivity index (χ2v) is 7.02. The van der Waals surface area contributed by atoms with Crippen molar-refractivity contribution in [2.75, 3.05) is 20.3 Å². The summed E-state index contributed by atoms with van der Waals surface area (Å²) in [6, 6.07) is 11.4. The first-order valence-corrected chi connectivity index (χ1v) is 10.6. The minimum Gasteiger partial charge on any atom is -0.467 e. The highest BCUT2D eigenvalue weighted by Gasteiger charge is 2.22. The first kappa shape index (κ1) is 25.5. The summed E-state index contributed by atoms with van der Waals surface area (Å²) in [7, 11) is 1.26. The van der Waals surface area contributed by atoms with E-state index in [2.05, 4.69) is 10.3 Å². The number of pyridine rings is 1. The van der Waals surface area contributed by atoms with Crippen LogP contribution in [0.3, 0.4) is 0 Å². The van der Waals surface area contributed by atoms with Crippen LogP contribution in [0.15, 0.2) is 42.5 Å². The number of hydrogen-bond donors (Lipinski definition) is 1. The summed E-state index contributed by atoms with van der Waals surface area (Å²) in [4.78, 5) is 53.0. The van der Waals surface area contributed by atoms with Crippen molar-refractivity contribution in [2.45, 2.75) is 39.2 Å². The first-order valence-electron chi connectivity index (χ1n) is 10.6. The number of carbonyl (C=O) groups is 4. The third-order valence-electron chi connectivity index (χ3n) is 4.60. The minimum absolute atomic E-state index is 0.0107. The van der Waals surface area contributed by atoms with Crippen LogP contribution in [0.25, 0.3) is 0 Å². The fourth-order valence-corrected chi connectivity index (χ4v) is 3.06. The van der Waals surface area contributed by atoms with Gasteiger partial charge in [0.15, 0.2) is 0 Å². The van der Waals surface area contributed by atoms with E-state index in [0.717, 1.165) is 5.56 Å². The zero-order valence-electron chi connectivity index (χ0n) is 19.0. The van der Waals surface area contributed by atoms with Crippen molar-refractivity contribution in [3.63, 3.8) is 0 Å². The number of methoxy groups -OCH3 is 1. The van der Waals surface area contributed by atoms with E-state index >= 15 is 0 Å². The lowest BCUT2D eigenvalue weighted by Crippen LogP contribution is -2.43. The number of nitrogens with one attached hydrogen (secondary N) is 1. The van der Waals surface area contributed by atoms with E-state index in [1.807, 2.05) is 30.3 Å². The Bertz CT molecular complexity index is 940. The molecule has 0 aliphatic heterocycles. The Morgan fingerprint density at radius 3 is 2.00 bits per heavy atom. The third-order valence-corrected chi connectivity index (χ3v) is 4.60. The Morgan fingerprint density at radius 1 is 0.909 bits per heavy atom. The van der Waals surface area contributed by atoms with E-state index in [-0.39, 0.29) is 49.8 Å². The quantitative estimate of drug-likeness (QED) is 0.404. The maximum Gasteiger partial charge on any atom is 0.356 e. The summed E-state index contributed by atoms with van der Waals surface area (Å²) in [5.74, 6) is -2.29. The number of ether oxygens (including phenoxy) is 3. The third kappa shape index (κ3) is 8.03. The van der Waals surface area contributed by atoms with Gasteiger partial charge in [-0.05, 0) is 43.5 Å². The fraction of sp³-hybridized carbons (Fsp3) is 0.375. The van der Waals surface area contributed by atoms with E-state index in [0.29, 0.717) is 5.56 Å². The molecule has 1 aromatic carbocycles. The van der Waals surface area contributed by atoms with Gasteiger partial charge in [-0.1, -0.05) is 30.3 Å². The van der Waals surface area contributed by atoms with Crippen molar-refractivity contribution in [1.29, 1.82) is 0 Å². The van der Waals surface area contributed by atoms with Crippen LogP contribution in [-0.4, -0.2) is 55.2 Å². The zero-order valence-corrected chi connectivity index (χ0v) is 19.0. The van der Waals surface area contributed by atoms with Crippen molar-refractivity contribution in [1.82, 2.24) is 10.3 Å². The molecule has 9 heteroatoms. The van der Waals surface area contributed by atoms with E-state index < -0.39 is 23.9 Å². The van der Waals surface area contributed by atoms with E-state index in [1.165, 1.54) is 19.2 Å². The Morgan fingerprint density at radius 2 is 1.48 bits per heavy atom. The summed E-state index contributed by atoms with van der Waals surface area (Å²) < 4.78 is 14.7. The Hall–Kier alpha value is -3.75. The molecule has 1 atom stereocenters. The van der Waals surface area contributed by atoms with Gasteiger partial charge in [-0.25, -0.2) is 19.4 Å². The van der Waals surface area contributed by atoms with Crippen LogP contribution in [-0.2, 0) is 36.6 Å². The highest BCUT2D eigenvalue weighted by molar-refractivity contribution is 5.92. The summed E-state index contributed by atoms with van der Waals surface area (Å²) in [5.41, 5.74) is 1.31. The predicted molar refractivity (Wildman–Crippen MR) is 119 cm³/mol. The summed E-state index contributed by atoms with van der Waals surface area (Å²) >= 11 is 0. The van der Waals surface area contributed by atoms with Gasteiger partial charge in [-0.2, -0.15) is 0 Å². The second-order valence-electron chi connectivity index (χ2n) is 7.02. The number of hydrogen-bond acceptors (Lipinski definition) is 8. The molecule has 0 radical (unpaired) electrons. The van der Waals surface area contributed by atoms with Crippen molar-refractivity contribution in [2.24, 2.45) is 0 Å². The van der Waals surface area contributed by atoms with Gasteiger partial charge in [0.1, 0.15) is 17.4 Å². The van der Waals surface area contributed by atoms with Gasteiger partial charge in [0, 0.05) is 12.8 Å². The smallest absolute Gasteiger partial charge is 0.356 e. The van der Waals surface area contributed by atoms with E-state index in [1.54, 1.807) is 13.8 Å². The highest BCUT2D eigenvalue weighted by atomic mass is 16.5. The molecule has 176 valence electrons. The number of nitrogens with zero attached hydrogens (tertiary/aromatic N) is 1. The molecular weight excluding hydrogens is 428 g/mol. The normalized spacial score (nSPS) is 11.2. The molecule has 1 aromatic heterocycles. The Kier molecular flexibility index (Phi) is 10.0. The topological polar surface area (TPSA) is 121 Å². The maximum atomic E-state index is 12.6. The van der Waals surface area contributed by atoms with Crippen LogP contribution in [0.4, 0.5) is 0 Å². The number of amides is 1. The zero-order chi connectivity index (χ0) is 24.2. The number of carbonyl (C=O) groups excluding carboxylic acids is 4. The molecule has 0 saturated heterocycles. The number of rotatable bonds is 11. The molecule has 0 saturated carbocycles. The molecule has 0 bridgehead atoms. The molecule has 9 nitrogen and oxygen atoms in total. The largest absolute Gasteiger partial charge is 0.467 e. The SMILES string of the molecule is CCOC(=O)c1cc(CCC(=O)N[C@@H](Cc2ccccc2)C(=O)OC)cc(C(=O)OCC)n1. The molecule has 1 heterocycles. The van der Waals surface area contributed by atoms with E-state index in [4.69, 9.17) is 14.2 Å². The van der Waals surface area contributed by atoms with Crippen molar-refractivity contribution >= 4 is 23.8 Å². The second kappa shape index (κ2) is 12.9. The van der Waals surface area contributed by atoms with E-state index in [9.17, 15) is 19.2 Å². The average Bonchev–Trinajstić information content (AvgIpc) is 2.82. The van der Waals surface area contributed by atoms with Gasteiger partial charge in [0.25, 0.3) is 0 Å². The lowest BCUT2D eigenvalue weighted by Gasteiger charge is -2.17. The minimum atomic E-state index is -0.840. The number of aryl methyl sites for hydroxylation is 1. The summed E-state index contributed by atoms with van der Waals surface area (Å²) in [5, 5.41) is 2.69. The van der Waals surface area contributed by atoms with Crippen LogP contribution in [0.2, 0.25) is 0 Å². The molecule has 1 amide bonds. The molecule has 2 rings (SSSR count). The van der Waals surface area contributed by atoms with Gasteiger partial charge in [-0.3, -0.25) is 4.79 Å². The first-order chi connectivity index (χ1) is 15.9. The fourth-order valence-electron chi connectivity index (χ4n) is 3.06. The van der Waals surface area contributed by atoms with Gasteiger partial charge >= 0.3 is 17.9 Å². The van der Waals surface area contributed by atoms with Gasteiger partial charge < -0.3 is 19.5 Å². The summed E-state index contributed by atoms with van der Waals surface area (Å²) in [6.45, 7) is 3.62. The van der Waals surface area contributed by atoms with Crippen molar-refractivity contribution < 1.29 is 33.4 Å². The number of benzene rings is 1. The molecule has 0 fully saturated rings. The molecule has 2 aromatic rings. The van der Waals surface area contributed by atoms with Crippen LogP contribution >= 0.6 is 0 Å². The lowest BCUT2D eigenvalue weighted by molar-refractivity contribution is -0.145. The average molecular weight is 456 g/mol. The standard InChI is InChI=1S/C24H28N2O7/c1-4-32-23(29)19-14-17(15-20(25-19)24(30)33-5-2)11-12-21(27)26-18(22(28)31-3)13-16-9-7-6-8-10-16/h6-10,14-15,18H,4-5,11-13H2,1-3H3,(H,26,27)/t18-/m0/s1. The molecular formula is C24H28N2O7. The lowest BCUT2D eigenvalue weighted by atomic mass is 10.0. The van der Waals surface area contributed by atoms with Crippen LogP contribution in [0.1, 0.15) is 52.4 Å². The number of esters is 3.